The van der Waals surface area contributed by atoms with Crippen LogP contribution in [0.4, 0.5) is 4.39 Å². The molecule has 1 aromatic carbocycles. The minimum Gasteiger partial charge on any atom is -0.353 e. The summed E-state index contributed by atoms with van der Waals surface area (Å²) in [5, 5.41) is 6.03. The van der Waals surface area contributed by atoms with Gasteiger partial charge < -0.3 is 5.32 Å². The average molecular weight is 331 g/mol. The number of H-pyrrole nitrogens is 1. The second-order valence-corrected chi connectivity index (χ2v) is 6.38. The molecule has 1 fully saturated rings. The molecule has 2 N–H and O–H groups in total. The highest BCUT2D eigenvalue weighted by atomic mass is 19.1. The van der Waals surface area contributed by atoms with E-state index in [4.69, 9.17) is 0 Å². The Morgan fingerprint density at radius 2 is 1.96 bits per heavy atom. The first-order valence-corrected chi connectivity index (χ1v) is 8.40. The summed E-state index contributed by atoms with van der Waals surface area (Å²) in [6, 6.07) is 6.01. The highest BCUT2D eigenvalue weighted by molar-refractivity contribution is 5.76. The van der Waals surface area contributed by atoms with Crippen molar-refractivity contribution in [1.82, 2.24) is 15.1 Å². The molecule has 24 heavy (non-hydrogen) atoms. The van der Waals surface area contributed by atoms with Crippen LogP contribution in [0.3, 0.4) is 0 Å². The summed E-state index contributed by atoms with van der Waals surface area (Å²) in [4.78, 5) is 24.6. The molecule has 3 rings (SSSR count). The van der Waals surface area contributed by atoms with Crippen LogP contribution in [-0.2, 0) is 11.2 Å². The number of carbonyl (C=O) groups excluding carboxylic acids is 1. The van der Waals surface area contributed by atoms with Crippen molar-refractivity contribution in [1.29, 1.82) is 0 Å². The SMILES string of the molecule is Cc1[nH]n(-c2ccc(F)cc2)c(=O)c1CCC(=O)NC1CCCC1. The van der Waals surface area contributed by atoms with E-state index in [-0.39, 0.29) is 17.3 Å². The highest BCUT2D eigenvalue weighted by Gasteiger charge is 2.18. The van der Waals surface area contributed by atoms with Crippen LogP contribution in [0, 0.1) is 12.7 Å². The Kier molecular flexibility index (Phi) is 4.83. The van der Waals surface area contributed by atoms with Crippen molar-refractivity contribution in [2.24, 2.45) is 0 Å². The molecule has 5 nitrogen and oxygen atoms in total. The van der Waals surface area contributed by atoms with Gasteiger partial charge in [0.1, 0.15) is 5.82 Å². The summed E-state index contributed by atoms with van der Waals surface area (Å²) in [5.74, 6) is -0.353. The predicted octanol–water partition coefficient (Wildman–Crippen LogP) is 2.60. The van der Waals surface area contributed by atoms with Crippen molar-refractivity contribution >= 4 is 5.91 Å². The van der Waals surface area contributed by atoms with Gasteiger partial charge in [0.15, 0.2) is 0 Å². The molecule has 1 aliphatic rings. The molecule has 1 heterocycles. The van der Waals surface area contributed by atoms with Crippen LogP contribution in [0.5, 0.6) is 0 Å². The van der Waals surface area contributed by atoms with E-state index in [9.17, 15) is 14.0 Å². The molecular formula is C18H22FN3O2. The van der Waals surface area contributed by atoms with E-state index in [0.717, 1.165) is 18.5 Å². The highest BCUT2D eigenvalue weighted by Crippen LogP contribution is 2.18. The lowest BCUT2D eigenvalue weighted by atomic mass is 10.1. The topological polar surface area (TPSA) is 66.9 Å². The van der Waals surface area contributed by atoms with E-state index in [0.29, 0.717) is 30.1 Å². The number of nitrogens with one attached hydrogen (secondary N) is 2. The standard InChI is InChI=1S/C18H22FN3O2/c1-12-16(10-11-17(23)20-14-4-2-3-5-14)18(24)22(21-12)15-8-6-13(19)7-9-15/h6-9,14,21H,2-5,10-11H2,1H3,(H,20,23). The monoisotopic (exact) mass is 331 g/mol. The maximum atomic E-state index is 13.0. The number of benzene rings is 1. The van der Waals surface area contributed by atoms with Crippen molar-refractivity contribution in [3.8, 4) is 5.69 Å². The number of amides is 1. The molecule has 0 spiro atoms. The summed E-state index contributed by atoms with van der Waals surface area (Å²) in [5.41, 5.74) is 1.72. The summed E-state index contributed by atoms with van der Waals surface area (Å²) >= 11 is 0. The molecule has 2 aromatic rings. The van der Waals surface area contributed by atoms with Crippen LogP contribution in [0.15, 0.2) is 29.1 Å². The molecule has 1 aliphatic carbocycles. The molecule has 1 amide bonds. The van der Waals surface area contributed by atoms with Gasteiger partial charge in [0.2, 0.25) is 5.91 Å². The third-order valence-electron chi connectivity index (χ3n) is 4.60. The number of aromatic amines is 1. The fourth-order valence-corrected chi connectivity index (χ4v) is 3.26. The Balaban J connectivity index is 1.69. The predicted molar refractivity (Wildman–Crippen MR) is 89.8 cm³/mol. The van der Waals surface area contributed by atoms with Crippen molar-refractivity contribution in [3.63, 3.8) is 0 Å². The lowest BCUT2D eigenvalue weighted by Gasteiger charge is -2.11. The van der Waals surface area contributed by atoms with Crippen molar-refractivity contribution in [2.75, 3.05) is 0 Å². The van der Waals surface area contributed by atoms with Crippen LogP contribution < -0.4 is 10.9 Å². The van der Waals surface area contributed by atoms with Crippen LogP contribution in [0.2, 0.25) is 0 Å². The number of hydrogen-bond acceptors (Lipinski definition) is 2. The van der Waals surface area contributed by atoms with Crippen molar-refractivity contribution in [2.45, 2.75) is 51.5 Å². The molecule has 0 radical (unpaired) electrons. The van der Waals surface area contributed by atoms with Gasteiger partial charge >= 0.3 is 0 Å². The first-order chi connectivity index (χ1) is 11.5. The van der Waals surface area contributed by atoms with Crippen LogP contribution in [0.1, 0.15) is 43.4 Å². The second-order valence-electron chi connectivity index (χ2n) is 6.38. The number of carbonyl (C=O) groups is 1. The Morgan fingerprint density at radius 1 is 1.29 bits per heavy atom. The number of rotatable bonds is 5. The molecule has 0 bridgehead atoms. The number of hydrogen-bond donors (Lipinski definition) is 2. The Bertz CT molecular complexity index is 771. The molecule has 1 saturated carbocycles. The normalized spacial score (nSPS) is 14.9. The van der Waals surface area contributed by atoms with Crippen molar-refractivity contribution in [3.05, 3.63) is 51.7 Å². The summed E-state index contributed by atoms with van der Waals surface area (Å²) < 4.78 is 14.4. The molecule has 0 aliphatic heterocycles. The Hall–Kier alpha value is -2.37. The number of nitrogens with zero attached hydrogens (tertiary/aromatic N) is 1. The number of aromatic nitrogens is 2. The molecule has 128 valence electrons. The minimum absolute atomic E-state index is 0.00441. The quantitative estimate of drug-likeness (QED) is 0.884. The van der Waals surface area contributed by atoms with E-state index >= 15 is 0 Å². The van der Waals surface area contributed by atoms with E-state index in [2.05, 4.69) is 10.4 Å². The van der Waals surface area contributed by atoms with Gasteiger partial charge in [0.05, 0.1) is 5.69 Å². The number of halogens is 1. The first kappa shape index (κ1) is 16.5. The first-order valence-electron chi connectivity index (χ1n) is 8.40. The molecule has 0 atom stereocenters. The van der Waals surface area contributed by atoms with E-state index < -0.39 is 0 Å². The van der Waals surface area contributed by atoms with Gasteiger partial charge in [-0.05, 0) is 50.5 Å². The second kappa shape index (κ2) is 7.03. The fourth-order valence-electron chi connectivity index (χ4n) is 3.26. The average Bonchev–Trinajstić information content (AvgIpc) is 3.15. The van der Waals surface area contributed by atoms with Gasteiger partial charge in [-0.1, -0.05) is 12.8 Å². The molecule has 0 unspecified atom stereocenters. The van der Waals surface area contributed by atoms with Gasteiger partial charge in [-0.2, -0.15) is 0 Å². The van der Waals surface area contributed by atoms with Crippen molar-refractivity contribution < 1.29 is 9.18 Å². The Morgan fingerprint density at radius 3 is 2.62 bits per heavy atom. The van der Waals surface area contributed by atoms with Gasteiger partial charge in [-0.3, -0.25) is 14.7 Å². The lowest BCUT2D eigenvalue weighted by molar-refractivity contribution is -0.121. The number of aryl methyl sites for hydroxylation is 1. The van der Waals surface area contributed by atoms with Gasteiger partial charge in [-0.25, -0.2) is 9.07 Å². The van der Waals surface area contributed by atoms with Crippen LogP contribution in [-0.4, -0.2) is 21.7 Å². The smallest absolute Gasteiger partial charge is 0.274 e. The maximum absolute atomic E-state index is 13.0. The molecule has 1 aromatic heterocycles. The molecular weight excluding hydrogens is 309 g/mol. The van der Waals surface area contributed by atoms with Crippen LogP contribution >= 0.6 is 0 Å². The third-order valence-corrected chi connectivity index (χ3v) is 4.60. The van der Waals surface area contributed by atoms with Gasteiger partial charge in [-0.15, -0.1) is 0 Å². The molecule has 6 heteroatoms. The summed E-state index contributed by atoms with van der Waals surface area (Å²) in [7, 11) is 0. The zero-order valence-electron chi connectivity index (χ0n) is 13.8. The largest absolute Gasteiger partial charge is 0.353 e. The maximum Gasteiger partial charge on any atom is 0.274 e. The fraction of sp³-hybridized carbons (Fsp3) is 0.444. The third kappa shape index (κ3) is 3.58. The van der Waals surface area contributed by atoms with E-state index in [1.54, 1.807) is 12.1 Å². The minimum atomic E-state index is -0.348. The van der Waals surface area contributed by atoms with Gasteiger partial charge in [0, 0.05) is 23.7 Å². The lowest BCUT2D eigenvalue weighted by Crippen LogP contribution is -2.33. The van der Waals surface area contributed by atoms with E-state index in [1.165, 1.54) is 29.7 Å². The Labute approximate surface area is 139 Å². The zero-order valence-corrected chi connectivity index (χ0v) is 13.8. The zero-order chi connectivity index (χ0) is 17.1. The van der Waals surface area contributed by atoms with Gasteiger partial charge in [0.25, 0.3) is 5.56 Å². The molecule has 0 saturated heterocycles. The van der Waals surface area contributed by atoms with E-state index in [1.807, 2.05) is 6.92 Å². The summed E-state index contributed by atoms with van der Waals surface area (Å²) in [6.07, 6.45) is 5.13. The summed E-state index contributed by atoms with van der Waals surface area (Å²) in [6.45, 7) is 1.81. The van der Waals surface area contributed by atoms with Crippen LogP contribution in [0.25, 0.3) is 5.69 Å².